The molecule has 1 aliphatic heterocycles. The normalized spacial score (nSPS) is 17.9. The monoisotopic (exact) mass is 601 g/mol. The number of quaternary nitrogens is 1. The van der Waals surface area contributed by atoms with Gasteiger partial charge in [0.05, 0.1) is 61.7 Å². The van der Waals surface area contributed by atoms with Crippen LogP contribution in [-0.2, 0) is 16.0 Å². The number of likely N-dealkylation sites (N-methyl/N-ethyl adjacent to an activating group) is 1. The molecular weight excluding hydrogens is 565 g/mol. The standard InChI is InChI=1S/C28H35NO9.2ClH/c1-29(10-7-8-18(28(32)33)15-25(30)31)11-9-17-12-21(34-2)22(35-3)16-20(17)26(29)19-13-23(36-4)27(38-6)24(14-19)37-5;;/h12-16,26H,7-11H2,1-6H3,(H-,30,31,32,33);2*1H/t26-,29+;;/m0../s1. The van der Waals surface area contributed by atoms with Crippen LogP contribution in [0.5, 0.6) is 28.7 Å². The van der Waals surface area contributed by atoms with Crippen LogP contribution in [0, 0.1) is 0 Å². The number of nitrogens with zero attached hydrogens (tertiary/aromatic N) is 1. The van der Waals surface area contributed by atoms with Crippen molar-refractivity contribution in [3.8, 4) is 28.7 Å². The van der Waals surface area contributed by atoms with Crippen LogP contribution in [0.1, 0.15) is 35.6 Å². The molecule has 40 heavy (non-hydrogen) atoms. The zero-order valence-electron chi connectivity index (χ0n) is 23.5. The molecule has 0 amide bonds. The molecule has 0 saturated heterocycles. The van der Waals surface area contributed by atoms with Crippen LogP contribution < -0.4 is 28.8 Å². The Bertz CT molecular complexity index is 1210. The molecule has 2 atom stereocenters. The van der Waals surface area contributed by atoms with Gasteiger partial charge in [-0.15, -0.1) is 24.8 Å². The van der Waals surface area contributed by atoms with Gasteiger partial charge in [0, 0.05) is 30.0 Å². The molecule has 0 unspecified atom stereocenters. The number of ether oxygens (including phenoxy) is 5. The number of carboxylic acid groups (broad SMARTS) is 2. The van der Waals surface area contributed by atoms with Gasteiger partial charge in [0.1, 0.15) is 6.04 Å². The molecule has 222 valence electrons. The first-order chi connectivity index (χ1) is 18.1. The SMILES string of the molecule is COc1cc2c(cc1OC)[C@H](c1cc(OC)c(OC)c(OC)c1)[N@+](C)(CCCC(=CC(=O)O)C(=O)[O-])CC2.Cl.Cl. The van der Waals surface area contributed by atoms with E-state index in [9.17, 15) is 14.7 Å². The lowest BCUT2D eigenvalue weighted by atomic mass is 9.85. The minimum atomic E-state index is -1.47. The van der Waals surface area contributed by atoms with Gasteiger partial charge in [-0.1, -0.05) is 0 Å². The van der Waals surface area contributed by atoms with Gasteiger partial charge in [0.25, 0.3) is 0 Å². The topological polar surface area (TPSA) is 124 Å². The molecule has 1 aliphatic rings. The summed E-state index contributed by atoms with van der Waals surface area (Å²) in [6.45, 7) is 1.31. The number of methoxy groups -OCH3 is 5. The number of hydrogen-bond donors (Lipinski definition) is 1. The summed E-state index contributed by atoms with van der Waals surface area (Å²) in [5, 5.41) is 20.5. The summed E-state index contributed by atoms with van der Waals surface area (Å²) in [5.41, 5.74) is 2.82. The number of carbonyl (C=O) groups is 2. The third-order valence-corrected chi connectivity index (χ3v) is 7.13. The van der Waals surface area contributed by atoms with E-state index in [2.05, 4.69) is 7.05 Å². The van der Waals surface area contributed by atoms with Crippen LogP contribution in [0.3, 0.4) is 0 Å². The van der Waals surface area contributed by atoms with Gasteiger partial charge in [-0.25, -0.2) is 4.79 Å². The largest absolute Gasteiger partial charge is 0.545 e. The molecule has 0 spiro atoms. The first kappa shape index (κ1) is 34.7. The molecule has 2 aromatic carbocycles. The van der Waals surface area contributed by atoms with Crippen molar-refractivity contribution < 1.29 is 48.0 Å². The number of hydrogen-bond acceptors (Lipinski definition) is 8. The van der Waals surface area contributed by atoms with Crippen molar-refractivity contribution in [3.05, 3.63) is 52.6 Å². The molecular formula is C28H37Cl2NO9. The Kier molecular flexibility index (Phi) is 12.9. The fraction of sp³-hybridized carbons (Fsp3) is 0.429. The van der Waals surface area contributed by atoms with Crippen molar-refractivity contribution in [3.63, 3.8) is 0 Å². The minimum absolute atomic E-state index is 0. The number of carboxylic acids is 2. The van der Waals surface area contributed by atoms with Gasteiger partial charge < -0.3 is 43.2 Å². The maximum atomic E-state index is 11.5. The first-order valence-electron chi connectivity index (χ1n) is 12.2. The predicted molar refractivity (Wildman–Crippen MR) is 152 cm³/mol. The van der Waals surface area contributed by atoms with Gasteiger partial charge in [0.2, 0.25) is 5.75 Å². The Morgan fingerprint density at radius 1 is 0.925 bits per heavy atom. The smallest absolute Gasteiger partial charge is 0.328 e. The van der Waals surface area contributed by atoms with Gasteiger partial charge in [-0.3, -0.25) is 0 Å². The van der Waals surface area contributed by atoms with E-state index >= 15 is 0 Å². The second-order valence-electron chi connectivity index (χ2n) is 9.34. The highest BCUT2D eigenvalue weighted by molar-refractivity contribution is 5.93. The maximum absolute atomic E-state index is 11.5. The zero-order chi connectivity index (χ0) is 28.0. The van der Waals surface area contributed by atoms with Crippen molar-refractivity contribution in [2.45, 2.75) is 25.3 Å². The summed E-state index contributed by atoms with van der Waals surface area (Å²) < 4.78 is 28.5. The maximum Gasteiger partial charge on any atom is 0.328 e. The highest BCUT2D eigenvalue weighted by Gasteiger charge is 2.41. The summed E-state index contributed by atoms with van der Waals surface area (Å²) in [4.78, 5) is 22.5. The van der Waals surface area contributed by atoms with Crippen LogP contribution in [0.25, 0.3) is 0 Å². The van der Waals surface area contributed by atoms with E-state index in [0.717, 1.165) is 29.7 Å². The van der Waals surface area contributed by atoms with Crippen LogP contribution in [0.2, 0.25) is 0 Å². The number of aliphatic carboxylic acids is 2. The van der Waals surface area contributed by atoms with Crippen molar-refractivity contribution in [2.75, 3.05) is 55.7 Å². The van der Waals surface area contributed by atoms with Gasteiger partial charge in [0.15, 0.2) is 23.0 Å². The number of benzene rings is 2. The van der Waals surface area contributed by atoms with Crippen molar-refractivity contribution in [2.24, 2.45) is 0 Å². The van der Waals surface area contributed by atoms with E-state index < -0.39 is 11.9 Å². The Balaban J connectivity index is 0.00000400. The fourth-order valence-electron chi connectivity index (χ4n) is 5.30. The minimum Gasteiger partial charge on any atom is -0.545 e. The predicted octanol–water partition coefficient (Wildman–Crippen LogP) is 3.21. The van der Waals surface area contributed by atoms with E-state index in [1.54, 1.807) is 35.5 Å². The third-order valence-electron chi connectivity index (χ3n) is 7.13. The number of rotatable bonds is 12. The Hall–Kier alpha value is -3.34. The number of halogens is 2. The molecule has 10 nitrogen and oxygen atoms in total. The highest BCUT2D eigenvalue weighted by Crippen LogP contribution is 2.48. The molecule has 2 aromatic rings. The highest BCUT2D eigenvalue weighted by atomic mass is 35.5. The number of fused-ring (bicyclic) bond motifs is 1. The molecule has 1 N–H and O–H groups in total. The molecule has 3 rings (SSSR count). The van der Waals surface area contributed by atoms with Crippen molar-refractivity contribution in [1.82, 2.24) is 0 Å². The Morgan fingerprint density at radius 2 is 1.48 bits per heavy atom. The van der Waals surface area contributed by atoms with Gasteiger partial charge in [-0.2, -0.15) is 0 Å². The van der Waals surface area contributed by atoms with E-state index in [1.165, 1.54) is 0 Å². The zero-order valence-corrected chi connectivity index (χ0v) is 25.1. The quantitative estimate of drug-likeness (QED) is 0.288. The first-order valence-corrected chi connectivity index (χ1v) is 12.2. The third kappa shape index (κ3) is 7.24. The molecule has 0 fully saturated rings. The van der Waals surface area contributed by atoms with Crippen molar-refractivity contribution >= 4 is 36.8 Å². The molecule has 0 radical (unpaired) electrons. The second-order valence-corrected chi connectivity index (χ2v) is 9.34. The summed E-state index contributed by atoms with van der Waals surface area (Å²) >= 11 is 0. The average molecular weight is 603 g/mol. The van der Waals surface area contributed by atoms with E-state index in [0.29, 0.717) is 52.3 Å². The lowest BCUT2D eigenvalue weighted by Gasteiger charge is -2.46. The summed E-state index contributed by atoms with van der Waals surface area (Å²) in [6.07, 6.45) is 1.97. The van der Waals surface area contributed by atoms with Crippen LogP contribution in [0.15, 0.2) is 35.9 Å². The summed E-state index contributed by atoms with van der Waals surface area (Å²) in [5.74, 6) is -0.0305. The summed E-state index contributed by atoms with van der Waals surface area (Å²) in [7, 11) is 9.97. The molecule has 0 saturated carbocycles. The van der Waals surface area contributed by atoms with E-state index in [1.807, 2.05) is 24.3 Å². The lowest BCUT2D eigenvalue weighted by molar-refractivity contribution is -0.935. The van der Waals surface area contributed by atoms with Crippen LogP contribution >= 0.6 is 24.8 Å². The molecule has 0 aliphatic carbocycles. The summed E-state index contributed by atoms with van der Waals surface area (Å²) in [6, 6.07) is 7.61. The number of carbonyl (C=O) groups excluding carboxylic acids is 1. The molecule has 0 bridgehead atoms. The van der Waals surface area contributed by atoms with Crippen molar-refractivity contribution in [1.29, 1.82) is 0 Å². The lowest BCUT2D eigenvalue weighted by Crippen LogP contribution is -2.52. The van der Waals surface area contributed by atoms with E-state index in [-0.39, 0.29) is 42.8 Å². The second kappa shape index (κ2) is 14.9. The van der Waals surface area contributed by atoms with Gasteiger partial charge >= 0.3 is 5.97 Å². The molecule has 1 heterocycles. The Labute approximate surface area is 246 Å². The molecule has 0 aromatic heterocycles. The van der Waals surface area contributed by atoms with Crippen LogP contribution in [0.4, 0.5) is 0 Å². The Morgan fingerprint density at radius 3 is 1.95 bits per heavy atom. The average Bonchev–Trinajstić information content (AvgIpc) is 2.90. The van der Waals surface area contributed by atoms with E-state index in [4.69, 9.17) is 28.8 Å². The van der Waals surface area contributed by atoms with Crippen LogP contribution in [-0.4, -0.2) is 77.2 Å². The fourth-order valence-corrected chi connectivity index (χ4v) is 5.30. The van der Waals surface area contributed by atoms with Gasteiger partial charge in [-0.05, 0) is 41.8 Å². The molecule has 12 heteroatoms.